The van der Waals surface area contributed by atoms with Crippen molar-refractivity contribution in [1.82, 2.24) is 9.21 Å². The Bertz CT molecular complexity index is 961. The number of carbonyl (C=O) groups excluding carboxylic acids is 1. The summed E-state index contributed by atoms with van der Waals surface area (Å²) < 4.78 is 53.0. The van der Waals surface area contributed by atoms with E-state index in [0.29, 0.717) is 0 Å². The monoisotopic (exact) mass is 396 g/mol. The number of rotatable bonds is 6. The summed E-state index contributed by atoms with van der Waals surface area (Å²) in [5, 5.41) is 0. The lowest BCUT2D eigenvalue weighted by Gasteiger charge is -2.22. The lowest BCUT2D eigenvalue weighted by molar-refractivity contribution is -0.130. The maximum absolute atomic E-state index is 13.7. The molecule has 0 aromatic heterocycles. The normalized spacial score (nSPS) is 11.7. The molecule has 0 bridgehead atoms. The molecular formula is C19H22F2N2O3S. The molecule has 0 spiro atoms. The zero-order chi connectivity index (χ0) is 20.4. The topological polar surface area (TPSA) is 57.7 Å². The van der Waals surface area contributed by atoms with E-state index in [2.05, 4.69) is 0 Å². The van der Waals surface area contributed by atoms with E-state index in [9.17, 15) is 22.0 Å². The summed E-state index contributed by atoms with van der Waals surface area (Å²) in [6.45, 7) is 3.20. The van der Waals surface area contributed by atoms with Gasteiger partial charge in [-0.25, -0.2) is 17.2 Å². The molecule has 27 heavy (non-hydrogen) atoms. The van der Waals surface area contributed by atoms with Crippen molar-refractivity contribution in [2.45, 2.75) is 25.3 Å². The molecule has 0 aliphatic rings. The van der Waals surface area contributed by atoms with Gasteiger partial charge in [0.2, 0.25) is 15.9 Å². The SMILES string of the molecule is Cc1ccc(S(=O)(=O)N(C)CC(=O)N(C)Cc2ccc(F)cc2F)cc1C. The van der Waals surface area contributed by atoms with Crippen LogP contribution in [0.15, 0.2) is 41.3 Å². The molecule has 0 fully saturated rings. The second-order valence-electron chi connectivity index (χ2n) is 6.49. The summed E-state index contributed by atoms with van der Waals surface area (Å²) in [6, 6.07) is 7.86. The molecule has 2 aromatic carbocycles. The van der Waals surface area contributed by atoms with E-state index in [4.69, 9.17) is 0 Å². The third-order valence-corrected chi connectivity index (χ3v) is 6.19. The molecular weight excluding hydrogens is 374 g/mol. The fraction of sp³-hybridized carbons (Fsp3) is 0.316. The summed E-state index contributed by atoms with van der Waals surface area (Å²) in [5.41, 5.74) is 1.94. The fourth-order valence-corrected chi connectivity index (χ4v) is 3.65. The maximum Gasteiger partial charge on any atom is 0.243 e. The molecule has 0 aliphatic carbocycles. The van der Waals surface area contributed by atoms with Crippen LogP contribution in [0.1, 0.15) is 16.7 Å². The third-order valence-electron chi connectivity index (χ3n) is 4.39. The number of aryl methyl sites for hydroxylation is 2. The summed E-state index contributed by atoms with van der Waals surface area (Å²) in [5.74, 6) is -1.97. The molecule has 0 heterocycles. The van der Waals surface area contributed by atoms with Gasteiger partial charge in [-0.05, 0) is 43.2 Å². The van der Waals surface area contributed by atoms with Crippen LogP contribution < -0.4 is 0 Å². The molecule has 2 rings (SSSR count). The van der Waals surface area contributed by atoms with Crippen LogP contribution in [-0.2, 0) is 21.4 Å². The number of hydrogen-bond donors (Lipinski definition) is 0. The minimum atomic E-state index is -3.83. The second kappa shape index (κ2) is 8.14. The van der Waals surface area contributed by atoms with E-state index >= 15 is 0 Å². The van der Waals surface area contributed by atoms with Crippen LogP contribution in [0.2, 0.25) is 0 Å². The molecule has 0 unspecified atom stereocenters. The third kappa shape index (κ3) is 4.90. The highest BCUT2D eigenvalue weighted by Crippen LogP contribution is 2.18. The molecule has 146 valence electrons. The van der Waals surface area contributed by atoms with Gasteiger partial charge < -0.3 is 4.90 Å². The number of sulfonamides is 1. The zero-order valence-electron chi connectivity index (χ0n) is 15.7. The Labute approximate surface area is 158 Å². The minimum absolute atomic E-state index is 0.0948. The lowest BCUT2D eigenvalue weighted by Crippen LogP contribution is -2.39. The molecule has 0 aliphatic heterocycles. The van der Waals surface area contributed by atoms with E-state index in [1.807, 2.05) is 13.8 Å². The Morgan fingerprint density at radius 1 is 1.00 bits per heavy atom. The van der Waals surface area contributed by atoms with E-state index in [1.165, 1.54) is 31.1 Å². The second-order valence-corrected chi connectivity index (χ2v) is 8.54. The van der Waals surface area contributed by atoms with Crippen LogP contribution in [0.3, 0.4) is 0 Å². The van der Waals surface area contributed by atoms with Gasteiger partial charge in [0.05, 0.1) is 11.4 Å². The molecule has 0 saturated heterocycles. The highest BCUT2D eigenvalue weighted by atomic mass is 32.2. The Morgan fingerprint density at radius 2 is 1.67 bits per heavy atom. The van der Waals surface area contributed by atoms with Crippen LogP contribution >= 0.6 is 0 Å². The van der Waals surface area contributed by atoms with Gasteiger partial charge in [-0.1, -0.05) is 12.1 Å². The standard InChI is InChI=1S/C19H22F2N2O3S/c1-13-5-8-17(9-14(13)2)27(25,26)23(4)12-19(24)22(3)11-15-6-7-16(20)10-18(15)21/h5-10H,11-12H2,1-4H3. The van der Waals surface area contributed by atoms with E-state index in [1.54, 1.807) is 12.1 Å². The van der Waals surface area contributed by atoms with Crippen LogP contribution in [0.4, 0.5) is 8.78 Å². The van der Waals surface area contributed by atoms with Gasteiger partial charge in [0.25, 0.3) is 0 Å². The number of carbonyl (C=O) groups is 1. The predicted molar refractivity (Wildman–Crippen MR) is 98.6 cm³/mol. The fourth-order valence-electron chi connectivity index (χ4n) is 2.44. The molecule has 0 saturated carbocycles. The number of amides is 1. The number of halogens is 2. The molecule has 5 nitrogen and oxygen atoms in total. The van der Waals surface area contributed by atoms with Gasteiger partial charge in [-0.3, -0.25) is 4.79 Å². The number of benzene rings is 2. The minimum Gasteiger partial charge on any atom is -0.340 e. The van der Waals surface area contributed by atoms with Crippen molar-refractivity contribution in [3.8, 4) is 0 Å². The molecule has 2 aromatic rings. The number of likely N-dealkylation sites (N-methyl/N-ethyl adjacent to an activating group) is 2. The average Bonchev–Trinajstić information content (AvgIpc) is 2.59. The number of hydrogen-bond acceptors (Lipinski definition) is 3. The highest BCUT2D eigenvalue weighted by Gasteiger charge is 2.25. The Kier molecular flexibility index (Phi) is 6.33. The smallest absolute Gasteiger partial charge is 0.243 e. The van der Waals surface area contributed by atoms with Crippen molar-refractivity contribution in [2.75, 3.05) is 20.6 Å². The highest BCUT2D eigenvalue weighted by molar-refractivity contribution is 7.89. The van der Waals surface area contributed by atoms with Crippen molar-refractivity contribution >= 4 is 15.9 Å². The van der Waals surface area contributed by atoms with Gasteiger partial charge in [0.1, 0.15) is 11.6 Å². The first kappa shape index (κ1) is 21.0. The van der Waals surface area contributed by atoms with Crippen LogP contribution in [0.5, 0.6) is 0 Å². The zero-order valence-corrected chi connectivity index (χ0v) is 16.5. The quantitative estimate of drug-likeness (QED) is 0.755. The lowest BCUT2D eigenvalue weighted by atomic mass is 10.1. The summed E-state index contributed by atoms with van der Waals surface area (Å²) in [6.07, 6.45) is 0. The van der Waals surface area contributed by atoms with Crippen molar-refractivity contribution in [3.05, 3.63) is 64.7 Å². The first-order chi connectivity index (χ1) is 12.5. The Morgan fingerprint density at radius 3 is 2.26 bits per heavy atom. The largest absolute Gasteiger partial charge is 0.340 e. The van der Waals surface area contributed by atoms with E-state index in [0.717, 1.165) is 27.6 Å². The van der Waals surface area contributed by atoms with E-state index in [-0.39, 0.29) is 17.0 Å². The van der Waals surface area contributed by atoms with Crippen molar-refractivity contribution in [3.63, 3.8) is 0 Å². The first-order valence-corrected chi connectivity index (χ1v) is 9.68. The van der Waals surface area contributed by atoms with Gasteiger partial charge in [0, 0.05) is 32.3 Å². The summed E-state index contributed by atoms with van der Waals surface area (Å²) in [4.78, 5) is 13.7. The Hall–Kier alpha value is -2.32. The van der Waals surface area contributed by atoms with Crippen LogP contribution in [-0.4, -0.2) is 44.2 Å². The van der Waals surface area contributed by atoms with Crippen molar-refractivity contribution < 1.29 is 22.0 Å². The first-order valence-electron chi connectivity index (χ1n) is 8.24. The van der Waals surface area contributed by atoms with Gasteiger partial charge in [-0.2, -0.15) is 4.31 Å². The number of nitrogens with zero attached hydrogens (tertiary/aromatic N) is 2. The average molecular weight is 396 g/mol. The van der Waals surface area contributed by atoms with E-state index < -0.39 is 34.1 Å². The molecule has 0 atom stereocenters. The summed E-state index contributed by atoms with van der Waals surface area (Å²) in [7, 11) is -1.08. The molecule has 1 amide bonds. The van der Waals surface area contributed by atoms with Crippen LogP contribution in [0, 0.1) is 25.5 Å². The van der Waals surface area contributed by atoms with Crippen molar-refractivity contribution in [1.29, 1.82) is 0 Å². The van der Waals surface area contributed by atoms with Gasteiger partial charge in [-0.15, -0.1) is 0 Å². The maximum atomic E-state index is 13.7. The summed E-state index contributed by atoms with van der Waals surface area (Å²) >= 11 is 0. The molecule has 0 radical (unpaired) electrons. The van der Waals surface area contributed by atoms with Crippen molar-refractivity contribution in [2.24, 2.45) is 0 Å². The molecule has 0 N–H and O–H groups in total. The van der Waals surface area contributed by atoms with Gasteiger partial charge in [0.15, 0.2) is 0 Å². The molecule has 8 heteroatoms. The predicted octanol–water partition coefficient (Wildman–Crippen LogP) is 2.86. The Balaban J connectivity index is 2.10. The van der Waals surface area contributed by atoms with Gasteiger partial charge >= 0.3 is 0 Å². The van der Waals surface area contributed by atoms with Crippen LogP contribution in [0.25, 0.3) is 0 Å².